The highest BCUT2D eigenvalue weighted by Crippen LogP contribution is 2.57. The fraction of sp³-hybridized carbons (Fsp3) is 0.0612. The van der Waals surface area contributed by atoms with Crippen LogP contribution in [-0.4, -0.2) is 0 Å². The van der Waals surface area contributed by atoms with Gasteiger partial charge in [-0.1, -0.05) is 159 Å². The molecular formula is C49H32O. The molecule has 0 saturated carbocycles. The minimum absolute atomic E-state index is 0.221. The second-order valence-corrected chi connectivity index (χ2v) is 14.4. The molecule has 0 fully saturated rings. The van der Waals surface area contributed by atoms with Crippen LogP contribution in [0.2, 0.25) is 0 Å². The molecule has 234 valence electrons. The normalized spacial score (nSPS) is 13.6. The molecule has 0 amide bonds. The molecule has 0 bridgehead atoms. The summed E-state index contributed by atoms with van der Waals surface area (Å²) in [5.74, 6) is 0. The fourth-order valence-electron chi connectivity index (χ4n) is 9.30. The zero-order chi connectivity index (χ0) is 33.1. The molecule has 0 radical (unpaired) electrons. The number of hydrogen-bond acceptors (Lipinski definition) is 1. The lowest BCUT2D eigenvalue weighted by Gasteiger charge is -2.24. The van der Waals surface area contributed by atoms with Crippen LogP contribution >= 0.6 is 0 Å². The summed E-state index contributed by atoms with van der Waals surface area (Å²) in [5, 5.41) is 12.5. The van der Waals surface area contributed by atoms with Crippen molar-refractivity contribution in [2.75, 3.05) is 0 Å². The first-order valence-corrected chi connectivity index (χ1v) is 17.5. The number of benzene rings is 9. The Hall–Kier alpha value is -6.18. The highest BCUT2D eigenvalue weighted by molar-refractivity contribution is 6.26. The van der Waals surface area contributed by atoms with Gasteiger partial charge in [0.25, 0.3) is 0 Å². The van der Waals surface area contributed by atoms with E-state index in [1.165, 1.54) is 98.4 Å². The number of furan rings is 1. The lowest BCUT2D eigenvalue weighted by atomic mass is 9.78. The van der Waals surface area contributed by atoms with Crippen molar-refractivity contribution in [1.82, 2.24) is 0 Å². The number of rotatable bonds is 2. The Morgan fingerprint density at radius 3 is 1.70 bits per heavy atom. The van der Waals surface area contributed by atoms with Crippen LogP contribution in [0, 0.1) is 0 Å². The zero-order valence-corrected chi connectivity index (χ0v) is 27.9. The van der Waals surface area contributed by atoms with Gasteiger partial charge < -0.3 is 4.42 Å². The molecule has 50 heavy (non-hydrogen) atoms. The lowest BCUT2D eigenvalue weighted by molar-refractivity contribution is 0.664. The third-order valence-corrected chi connectivity index (χ3v) is 11.4. The van der Waals surface area contributed by atoms with Crippen molar-refractivity contribution >= 4 is 65.0 Å². The topological polar surface area (TPSA) is 13.1 Å². The molecule has 1 aromatic heterocycles. The van der Waals surface area contributed by atoms with Crippen LogP contribution in [-0.2, 0) is 5.41 Å². The maximum Gasteiger partial charge on any atom is 0.143 e. The average molecular weight is 637 g/mol. The van der Waals surface area contributed by atoms with Crippen molar-refractivity contribution in [3.05, 3.63) is 169 Å². The molecule has 1 heteroatoms. The molecule has 0 saturated heterocycles. The minimum Gasteiger partial charge on any atom is -0.455 e. The van der Waals surface area contributed by atoms with Crippen molar-refractivity contribution in [1.29, 1.82) is 0 Å². The SMILES string of the molecule is CC1(C)c2cc(-c3c4ccccc4c(-c4cccc5ccccc45)c4ccccc34)ccc2-c2c1c1ccccc1c1oc3ccccc3c21. The van der Waals surface area contributed by atoms with Crippen molar-refractivity contribution in [3.63, 3.8) is 0 Å². The van der Waals surface area contributed by atoms with E-state index in [-0.39, 0.29) is 5.41 Å². The summed E-state index contributed by atoms with van der Waals surface area (Å²) >= 11 is 0. The predicted molar refractivity (Wildman–Crippen MR) is 212 cm³/mol. The second kappa shape index (κ2) is 9.94. The third kappa shape index (κ3) is 3.56. The largest absolute Gasteiger partial charge is 0.455 e. The third-order valence-electron chi connectivity index (χ3n) is 11.4. The van der Waals surface area contributed by atoms with Crippen LogP contribution in [0.25, 0.3) is 98.4 Å². The zero-order valence-electron chi connectivity index (χ0n) is 27.9. The highest BCUT2D eigenvalue weighted by Gasteiger charge is 2.40. The van der Waals surface area contributed by atoms with E-state index >= 15 is 0 Å². The lowest BCUT2D eigenvalue weighted by Crippen LogP contribution is -2.15. The van der Waals surface area contributed by atoms with E-state index in [1.807, 2.05) is 0 Å². The highest BCUT2D eigenvalue weighted by atomic mass is 16.3. The van der Waals surface area contributed by atoms with Gasteiger partial charge in [0.15, 0.2) is 0 Å². The van der Waals surface area contributed by atoms with Crippen LogP contribution in [0.15, 0.2) is 162 Å². The number of para-hydroxylation sites is 1. The summed E-state index contributed by atoms with van der Waals surface area (Å²) in [6, 6.07) is 58.0. The molecule has 9 aromatic carbocycles. The molecule has 1 aliphatic rings. The van der Waals surface area contributed by atoms with E-state index in [0.29, 0.717) is 0 Å². The summed E-state index contributed by atoms with van der Waals surface area (Å²) in [6.07, 6.45) is 0. The van der Waals surface area contributed by atoms with Gasteiger partial charge in [-0.3, -0.25) is 0 Å². The van der Waals surface area contributed by atoms with E-state index in [4.69, 9.17) is 4.42 Å². The molecule has 11 rings (SSSR count). The second-order valence-electron chi connectivity index (χ2n) is 14.4. The Balaban J connectivity index is 1.23. The van der Waals surface area contributed by atoms with Gasteiger partial charge in [0, 0.05) is 21.6 Å². The van der Waals surface area contributed by atoms with E-state index in [1.54, 1.807) is 0 Å². The molecule has 0 N–H and O–H groups in total. The van der Waals surface area contributed by atoms with Crippen molar-refractivity contribution in [2.45, 2.75) is 19.3 Å². The van der Waals surface area contributed by atoms with Crippen LogP contribution in [0.1, 0.15) is 25.0 Å². The van der Waals surface area contributed by atoms with E-state index < -0.39 is 0 Å². The Labute approximate surface area is 290 Å². The number of fused-ring (bicyclic) bond motifs is 13. The average Bonchev–Trinajstić information content (AvgIpc) is 3.66. The van der Waals surface area contributed by atoms with Gasteiger partial charge >= 0.3 is 0 Å². The van der Waals surface area contributed by atoms with Gasteiger partial charge in [-0.15, -0.1) is 0 Å². The van der Waals surface area contributed by atoms with E-state index in [0.717, 1.165) is 11.2 Å². The molecule has 1 aliphatic carbocycles. The van der Waals surface area contributed by atoms with Gasteiger partial charge in [0.1, 0.15) is 11.2 Å². The van der Waals surface area contributed by atoms with Crippen LogP contribution in [0.4, 0.5) is 0 Å². The molecule has 1 nitrogen and oxygen atoms in total. The number of hydrogen-bond donors (Lipinski definition) is 0. The summed E-state index contributed by atoms with van der Waals surface area (Å²) in [4.78, 5) is 0. The van der Waals surface area contributed by atoms with Gasteiger partial charge in [-0.2, -0.15) is 0 Å². The van der Waals surface area contributed by atoms with Crippen LogP contribution < -0.4 is 0 Å². The molecule has 0 atom stereocenters. The molecule has 0 aliphatic heterocycles. The first-order valence-electron chi connectivity index (χ1n) is 17.5. The molecule has 0 unspecified atom stereocenters. The smallest absolute Gasteiger partial charge is 0.143 e. The Bertz CT molecular complexity index is 3000. The maximum atomic E-state index is 6.64. The van der Waals surface area contributed by atoms with Gasteiger partial charge in [0.05, 0.1) is 0 Å². The van der Waals surface area contributed by atoms with Crippen molar-refractivity contribution < 1.29 is 4.42 Å². The van der Waals surface area contributed by atoms with E-state index in [9.17, 15) is 0 Å². The summed E-state index contributed by atoms with van der Waals surface area (Å²) < 4.78 is 6.64. The van der Waals surface area contributed by atoms with Gasteiger partial charge in [-0.05, 0) is 94.3 Å². The fourth-order valence-corrected chi connectivity index (χ4v) is 9.30. The van der Waals surface area contributed by atoms with Gasteiger partial charge in [-0.25, -0.2) is 0 Å². The first kappa shape index (κ1) is 27.7. The summed E-state index contributed by atoms with van der Waals surface area (Å²) in [7, 11) is 0. The van der Waals surface area contributed by atoms with Crippen LogP contribution in [0.5, 0.6) is 0 Å². The monoisotopic (exact) mass is 636 g/mol. The van der Waals surface area contributed by atoms with Crippen molar-refractivity contribution in [2.24, 2.45) is 0 Å². The van der Waals surface area contributed by atoms with Gasteiger partial charge in [0.2, 0.25) is 0 Å². The summed E-state index contributed by atoms with van der Waals surface area (Å²) in [5.41, 5.74) is 12.2. The standard InChI is InChI=1S/C49H32O/c1-49(2)41-28-30(26-27-39(41)45-46-40-23-11-12-25-42(40)50-48(46)38-22-10-9-21-37(38)47(45)49)43-33-17-5-7-19-35(33)44(36-20-8-6-18-34(36)43)32-24-13-15-29-14-3-4-16-31(29)32/h3-28H,1-2H3. The van der Waals surface area contributed by atoms with Crippen molar-refractivity contribution in [3.8, 4) is 33.4 Å². The molecule has 10 aromatic rings. The van der Waals surface area contributed by atoms with E-state index in [2.05, 4.69) is 172 Å². The molecule has 0 spiro atoms. The predicted octanol–water partition coefficient (Wildman–Crippen LogP) is 13.8. The Morgan fingerprint density at radius 1 is 0.420 bits per heavy atom. The maximum absolute atomic E-state index is 6.64. The van der Waals surface area contributed by atoms with Crippen LogP contribution in [0.3, 0.4) is 0 Å². The molecular weight excluding hydrogens is 605 g/mol. The molecule has 1 heterocycles. The first-order chi connectivity index (χ1) is 24.6. The minimum atomic E-state index is -0.221. The quantitative estimate of drug-likeness (QED) is 0.172. The Morgan fingerprint density at radius 2 is 0.980 bits per heavy atom. The Kier molecular flexibility index (Phi) is 5.51. The summed E-state index contributed by atoms with van der Waals surface area (Å²) in [6.45, 7) is 4.81.